The monoisotopic (exact) mass is 346 g/mol. The number of amides is 1. The highest BCUT2D eigenvalue weighted by Crippen LogP contribution is 2.33. The molecular formula is C21H22N4O. The largest absolute Gasteiger partial charge is 0.334 e. The lowest BCUT2D eigenvalue weighted by Crippen LogP contribution is -2.39. The zero-order chi connectivity index (χ0) is 18.1. The summed E-state index contributed by atoms with van der Waals surface area (Å²) in [5, 5.41) is 9.07. The topological polar surface area (TPSA) is 60.2 Å². The quantitative estimate of drug-likeness (QED) is 0.857. The zero-order valence-electron chi connectivity index (χ0n) is 14.9. The highest BCUT2D eigenvalue weighted by molar-refractivity contribution is 5.95. The van der Waals surface area contributed by atoms with Crippen molar-refractivity contribution in [2.75, 3.05) is 13.1 Å². The van der Waals surface area contributed by atoms with Gasteiger partial charge in [0, 0.05) is 43.0 Å². The van der Waals surface area contributed by atoms with Gasteiger partial charge >= 0.3 is 0 Å². The van der Waals surface area contributed by atoms with Gasteiger partial charge in [-0.1, -0.05) is 12.1 Å². The molecule has 0 saturated carbocycles. The van der Waals surface area contributed by atoms with Crippen molar-refractivity contribution < 1.29 is 4.79 Å². The van der Waals surface area contributed by atoms with E-state index < -0.39 is 0 Å². The summed E-state index contributed by atoms with van der Waals surface area (Å²) < 4.78 is 0. The second kappa shape index (κ2) is 6.89. The molecule has 0 unspecified atom stereocenters. The first-order chi connectivity index (χ1) is 12.7. The SMILES string of the molecule is Cc1cccc(CN2CC[C@@H]3[C@@H]2CCN3C(=O)c2cccc(C#N)c2)n1. The molecule has 0 aliphatic carbocycles. The Labute approximate surface area is 153 Å². The van der Waals surface area contributed by atoms with E-state index in [1.807, 2.05) is 17.9 Å². The standard InChI is InChI=1S/C21H22N4O/c1-15-4-2-7-18(23-15)14-24-10-8-20-19(24)9-11-25(20)21(26)17-6-3-5-16(12-17)13-22/h2-7,12,19-20H,8-11,14H2,1H3/t19-,20+/m0/s1. The molecule has 2 aromatic rings. The van der Waals surface area contributed by atoms with E-state index in [4.69, 9.17) is 5.26 Å². The molecule has 2 aliphatic rings. The van der Waals surface area contributed by atoms with E-state index in [-0.39, 0.29) is 11.9 Å². The lowest BCUT2D eigenvalue weighted by Gasteiger charge is -2.25. The lowest BCUT2D eigenvalue weighted by atomic mass is 10.1. The molecule has 2 atom stereocenters. The molecule has 26 heavy (non-hydrogen) atoms. The van der Waals surface area contributed by atoms with Crippen LogP contribution < -0.4 is 0 Å². The second-order valence-corrected chi connectivity index (χ2v) is 7.14. The number of likely N-dealkylation sites (tertiary alicyclic amines) is 2. The molecule has 132 valence electrons. The fourth-order valence-corrected chi connectivity index (χ4v) is 4.31. The van der Waals surface area contributed by atoms with Crippen molar-refractivity contribution in [2.45, 2.75) is 38.4 Å². The highest BCUT2D eigenvalue weighted by atomic mass is 16.2. The van der Waals surface area contributed by atoms with Crippen molar-refractivity contribution in [1.82, 2.24) is 14.8 Å². The van der Waals surface area contributed by atoms with Gasteiger partial charge in [0.05, 0.1) is 17.3 Å². The average molecular weight is 346 g/mol. The molecule has 5 nitrogen and oxygen atoms in total. The summed E-state index contributed by atoms with van der Waals surface area (Å²) >= 11 is 0. The van der Waals surface area contributed by atoms with E-state index in [0.717, 1.165) is 43.9 Å². The Morgan fingerprint density at radius 2 is 2.00 bits per heavy atom. The van der Waals surface area contributed by atoms with E-state index in [1.54, 1.807) is 24.3 Å². The predicted molar refractivity (Wildman–Crippen MR) is 98.4 cm³/mol. The van der Waals surface area contributed by atoms with Gasteiger partial charge in [-0.05, 0) is 50.1 Å². The molecular weight excluding hydrogens is 324 g/mol. The van der Waals surface area contributed by atoms with Crippen molar-refractivity contribution in [3.05, 3.63) is 65.0 Å². The number of hydrogen-bond acceptors (Lipinski definition) is 4. The maximum atomic E-state index is 13.0. The number of carbonyl (C=O) groups is 1. The predicted octanol–water partition coefficient (Wildman–Crippen LogP) is 2.75. The van der Waals surface area contributed by atoms with Gasteiger partial charge in [-0.3, -0.25) is 14.7 Å². The number of nitriles is 1. The van der Waals surface area contributed by atoms with Crippen molar-refractivity contribution in [3.63, 3.8) is 0 Å². The van der Waals surface area contributed by atoms with E-state index in [1.165, 1.54) is 0 Å². The maximum Gasteiger partial charge on any atom is 0.254 e. The number of fused-ring (bicyclic) bond motifs is 1. The third kappa shape index (κ3) is 3.09. The highest BCUT2D eigenvalue weighted by Gasteiger charge is 2.44. The first-order valence-electron chi connectivity index (χ1n) is 9.13. The van der Waals surface area contributed by atoms with Crippen LogP contribution in [-0.2, 0) is 6.54 Å². The molecule has 2 aliphatic heterocycles. The number of nitrogens with zero attached hydrogens (tertiary/aromatic N) is 4. The number of carbonyl (C=O) groups excluding carboxylic acids is 1. The van der Waals surface area contributed by atoms with Crippen molar-refractivity contribution >= 4 is 5.91 Å². The fraction of sp³-hybridized carbons (Fsp3) is 0.381. The molecule has 0 N–H and O–H groups in total. The molecule has 0 bridgehead atoms. The number of hydrogen-bond donors (Lipinski definition) is 0. The van der Waals surface area contributed by atoms with Gasteiger partial charge in [0.15, 0.2) is 0 Å². The molecule has 1 amide bonds. The smallest absolute Gasteiger partial charge is 0.254 e. The van der Waals surface area contributed by atoms with Crippen LogP contribution in [0.25, 0.3) is 0 Å². The van der Waals surface area contributed by atoms with Crippen LogP contribution in [0.15, 0.2) is 42.5 Å². The third-order valence-corrected chi connectivity index (χ3v) is 5.50. The van der Waals surface area contributed by atoms with Gasteiger partial charge in [-0.15, -0.1) is 0 Å². The van der Waals surface area contributed by atoms with E-state index in [0.29, 0.717) is 17.2 Å². The van der Waals surface area contributed by atoms with Gasteiger partial charge < -0.3 is 4.90 Å². The Kier molecular flexibility index (Phi) is 4.44. The zero-order valence-corrected chi connectivity index (χ0v) is 14.9. The number of aryl methyl sites for hydroxylation is 1. The first-order valence-corrected chi connectivity index (χ1v) is 9.13. The van der Waals surface area contributed by atoms with Crippen LogP contribution in [0.4, 0.5) is 0 Å². The first kappa shape index (κ1) is 16.7. The van der Waals surface area contributed by atoms with Crippen molar-refractivity contribution in [1.29, 1.82) is 5.26 Å². The second-order valence-electron chi connectivity index (χ2n) is 7.14. The van der Waals surface area contributed by atoms with E-state index in [2.05, 4.69) is 28.1 Å². The van der Waals surface area contributed by atoms with Crippen LogP contribution in [0.2, 0.25) is 0 Å². The van der Waals surface area contributed by atoms with Crippen molar-refractivity contribution in [2.24, 2.45) is 0 Å². The minimum Gasteiger partial charge on any atom is -0.334 e. The minimum absolute atomic E-state index is 0.0464. The molecule has 3 heterocycles. The van der Waals surface area contributed by atoms with Crippen LogP contribution in [-0.4, -0.2) is 45.9 Å². The van der Waals surface area contributed by atoms with E-state index >= 15 is 0 Å². The molecule has 4 rings (SSSR count). The summed E-state index contributed by atoms with van der Waals surface area (Å²) in [6.45, 7) is 4.63. The number of benzene rings is 1. The van der Waals surface area contributed by atoms with Crippen molar-refractivity contribution in [3.8, 4) is 6.07 Å². The molecule has 2 fully saturated rings. The van der Waals surface area contributed by atoms with Gasteiger partial charge in [0.25, 0.3) is 5.91 Å². The Morgan fingerprint density at radius 3 is 2.81 bits per heavy atom. The molecule has 5 heteroatoms. The molecule has 2 saturated heterocycles. The van der Waals surface area contributed by atoms with Crippen LogP contribution in [0.1, 0.15) is 40.2 Å². The summed E-state index contributed by atoms with van der Waals surface area (Å²) in [6.07, 6.45) is 2.00. The Bertz CT molecular complexity index is 872. The summed E-state index contributed by atoms with van der Waals surface area (Å²) in [6, 6.07) is 15.9. The van der Waals surface area contributed by atoms with Crippen LogP contribution in [0.5, 0.6) is 0 Å². The van der Waals surface area contributed by atoms with Gasteiger partial charge in [0.2, 0.25) is 0 Å². The molecule has 0 radical (unpaired) electrons. The average Bonchev–Trinajstić information content (AvgIpc) is 3.24. The Hall–Kier alpha value is -2.71. The molecule has 0 spiro atoms. The Balaban J connectivity index is 1.48. The molecule has 1 aromatic heterocycles. The molecule has 1 aromatic carbocycles. The van der Waals surface area contributed by atoms with Crippen LogP contribution in [0.3, 0.4) is 0 Å². The Morgan fingerprint density at radius 1 is 1.19 bits per heavy atom. The summed E-state index contributed by atoms with van der Waals surface area (Å²) in [4.78, 5) is 22.0. The number of rotatable bonds is 3. The fourth-order valence-electron chi connectivity index (χ4n) is 4.31. The summed E-state index contributed by atoms with van der Waals surface area (Å²) in [7, 11) is 0. The number of pyridine rings is 1. The van der Waals surface area contributed by atoms with Gasteiger partial charge in [-0.25, -0.2) is 0 Å². The van der Waals surface area contributed by atoms with E-state index in [9.17, 15) is 4.79 Å². The normalized spacial score (nSPS) is 22.2. The third-order valence-electron chi connectivity index (χ3n) is 5.50. The van der Waals surface area contributed by atoms with Gasteiger partial charge in [0.1, 0.15) is 0 Å². The summed E-state index contributed by atoms with van der Waals surface area (Å²) in [5.41, 5.74) is 3.28. The van der Waals surface area contributed by atoms with Crippen LogP contribution in [0, 0.1) is 18.3 Å². The van der Waals surface area contributed by atoms with Crippen LogP contribution >= 0.6 is 0 Å². The maximum absolute atomic E-state index is 13.0. The number of aromatic nitrogens is 1. The summed E-state index contributed by atoms with van der Waals surface area (Å²) in [5.74, 6) is 0.0464. The van der Waals surface area contributed by atoms with Gasteiger partial charge in [-0.2, -0.15) is 5.26 Å². The minimum atomic E-state index is 0.0464. The lowest BCUT2D eigenvalue weighted by molar-refractivity contribution is 0.0732.